The fraction of sp³-hybridized carbons (Fsp3) is 0.833. The van der Waals surface area contributed by atoms with Gasteiger partial charge in [0.2, 0.25) is 0 Å². The van der Waals surface area contributed by atoms with Gasteiger partial charge in [-0.3, -0.25) is 9.35 Å². The Labute approximate surface area is 75.8 Å². The number of fused-ring (bicyclic) bond motifs is 1. The maximum Gasteiger partial charge on any atom is 0.362 e. The molecule has 2 aliphatic heterocycles. The maximum absolute atomic E-state index is 11.2. The molecule has 2 saturated heterocycles. The van der Waals surface area contributed by atoms with E-state index in [1.165, 1.54) is 0 Å². The van der Waals surface area contributed by atoms with Crippen LogP contribution in [0, 0.1) is 5.92 Å². The number of rotatable bonds is 1. The first-order valence-electron chi connectivity index (χ1n) is 3.97. The molecule has 0 radical (unpaired) electrons. The Morgan fingerprint density at radius 2 is 2.23 bits per heavy atom. The smallest absolute Gasteiger partial charge is 0.304 e. The first-order valence-corrected chi connectivity index (χ1v) is 5.36. The molecule has 0 spiro atoms. The topological polar surface area (TPSA) is 86.7 Å². The number of nitrogens with zero attached hydrogens (tertiary/aromatic N) is 1. The van der Waals surface area contributed by atoms with Crippen molar-refractivity contribution in [3.05, 3.63) is 0 Å². The number of nitrogens with one attached hydrogen (secondary N) is 1. The van der Waals surface area contributed by atoms with Crippen LogP contribution in [0.5, 0.6) is 0 Å². The molecule has 6 nitrogen and oxygen atoms in total. The van der Waals surface area contributed by atoms with Crippen LogP contribution < -0.4 is 5.32 Å². The zero-order chi connectivity index (χ0) is 9.80. The van der Waals surface area contributed by atoms with Gasteiger partial charge in [0, 0.05) is 6.54 Å². The van der Waals surface area contributed by atoms with E-state index in [4.69, 9.17) is 4.55 Å². The Balaban J connectivity index is 2.29. The Bertz CT molecular complexity index is 352. The molecular weight excluding hydrogens is 196 g/mol. The second-order valence-electron chi connectivity index (χ2n) is 3.47. The standard InChI is InChI=1S/C6H10N2O4S/c1-3-2-7-4-5(3)8(6(4)9)13(10,11)12/h3-5,7H,2H2,1H3,(H,10,11,12). The van der Waals surface area contributed by atoms with E-state index in [9.17, 15) is 13.2 Å². The van der Waals surface area contributed by atoms with Gasteiger partial charge >= 0.3 is 10.3 Å². The van der Waals surface area contributed by atoms with Gasteiger partial charge in [-0.15, -0.1) is 0 Å². The normalized spacial score (nSPS) is 38.8. The van der Waals surface area contributed by atoms with Crippen LogP contribution in [-0.2, 0) is 15.1 Å². The highest BCUT2D eigenvalue weighted by Crippen LogP contribution is 2.32. The molecule has 2 fully saturated rings. The molecule has 0 aromatic carbocycles. The van der Waals surface area contributed by atoms with Gasteiger partial charge in [0.15, 0.2) is 0 Å². The van der Waals surface area contributed by atoms with Crippen LogP contribution in [0.4, 0.5) is 0 Å². The number of hydrogen-bond acceptors (Lipinski definition) is 4. The van der Waals surface area contributed by atoms with Crippen molar-refractivity contribution in [1.29, 1.82) is 0 Å². The van der Waals surface area contributed by atoms with Crippen molar-refractivity contribution in [3.8, 4) is 0 Å². The van der Waals surface area contributed by atoms with Gasteiger partial charge in [-0.25, -0.2) is 4.31 Å². The number of β-lactam (4-membered cyclic amide) rings is 1. The third-order valence-electron chi connectivity index (χ3n) is 2.59. The highest BCUT2D eigenvalue weighted by molar-refractivity contribution is 7.84. The number of hydrogen-bond donors (Lipinski definition) is 2. The van der Waals surface area contributed by atoms with Crippen molar-refractivity contribution in [2.45, 2.75) is 19.0 Å². The largest absolute Gasteiger partial charge is 0.362 e. The third kappa shape index (κ3) is 1.07. The summed E-state index contributed by atoms with van der Waals surface area (Å²) in [4.78, 5) is 11.2. The molecule has 1 amide bonds. The third-order valence-corrected chi connectivity index (χ3v) is 3.51. The molecular formula is C6H10N2O4S. The molecule has 74 valence electrons. The summed E-state index contributed by atoms with van der Waals surface area (Å²) < 4.78 is 30.8. The van der Waals surface area contributed by atoms with Crippen LogP contribution in [0.1, 0.15) is 6.92 Å². The Kier molecular flexibility index (Phi) is 1.67. The average molecular weight is 206 g/mol. The number of carbonyl (C=O) groups excluding carboxylic acids is 1. The van der Waals surface area contributed by atoms with Crippen molar-refractivity contribution in [2.75, 3.05) is 6.54 Å². The molecule has 2 rings (SSSR count). The van der Waals surface area contributed by atoms with Crippen LogP contribution in [0.2, 0.25) is 0 Å². The minimum atomic E-state index is -4.36. The molecule has 2 aliphatic rings. The van der Waals surface area contributed by atoms with E-state index in [0.29, 0.717) is 10.8 Å². The fourth-order valence-corrected chi connectivity index (χ4v) is 2.93. The monoisotopic (exact) mass is 206 g/mol. The minimum absolute atomic E-state index is 0.0598. The molecule has 3 atom stereocenters. The van der Waals surface area contributed by atoms with Crippen LogP contribution in [-0.4, -0.2) is 41.8 Å². The highest BCUT2D eigenvalue weighted by Gasteiger charge is 2.58. The summed E-state index contributed by atoms with van der Waals surface area (Å²) in [6.07, 6.45) is 0. The molecule has 2 N–H and O–H groups in total. The lowest BCUT2D eigenvalue weighted by Gasteiger charge is -2.41. The van der Waals surface area contributed by atoms with E-state index in [2.05, 4.69) is 5.32 Å². The average Bonchev–Trinajstić information content (AvgIpc) is 2.24. The van der Waals surface area contributed by atoms with E-state index in [-0.39, 0.29) is 5.92 Å². The SMILES string of the molecule is CC1CNC2C(=O)N(S(=O)(=O)O)C12. The van der Waals surface area contributed by atoms with Crippen molar-refractivity contribution in [2.24, 2.45) is 5.92 Å². The molecule has 13 heavy (non-hydrogen) atoms. The molecule has 2 heterocycles. The van der Waals surface area contributed by atoms with Crippen molar-refractivity contribution in [1.82, 2.24) is 9.62 Å². The van der Waals surface area contributed by atoms with Gasteiger partial charge in [0.05, 0.1) is 6.04 Å². The van der Waals surface area contributed by atoms with E-state index >= 15 is 0 Å². The Morgan fingerprint density at radius 1 is 1.62 bits per heavy atom. The highest BCUT2D eigenvalue weighted by atomic mass is 32.2. The number of amides is 1. The van der Waals surface area contributed by atoms with Gasteiger partial charge in [-0.05, 0) is 5.92 Å². The summed E-state index contributed by atoms with van der Waals surface area (Å²) in [6, 6.07) is -0.820. The predicted octanol–water partition coefficient (Wildman–Crippen LogP) is -1.39. The second kappa shape index (κ2) is 2.43. The second-order valence-corrected chi connectivity index (χ2v) is 4.75. The maximum atomic E-state index is 11.2. The van der Waals surface area contributed by atoms with Crippen LogP contribution in [0.25, 0.3) is 0 Å². The zero-order valence-electron chi connectivity index (χ0n) is 6.97. The molecule has 7 heteroatoms. The summed E-state index contributed by atoms with van der Waals surface area (Å²) in [5, 5.41) is 2.89. The van der Waals surface area contributed by atoms with Gasteiger partial charge < -0.3 is 5.32 Å². The van der Waals surface area contributed by atoms with Gasteiger partial charge in [-0.1, -0.05) is 6.92 Å². The lowest BCUT2D eigenvalue weighted by molar-refractivity contribution is -0.141. The predicted molar refractivity (Wildman–Crippen MR) is 43.1 cm³/mol. The van der Waals surface area contributed by atoms with E-state index in [1.807, 2.05) is 6.92 Å². The quantitative estimate of drug-likeness (QED) is 0.407. The Morgan fingerprint density at radius 3 is 2.77 bits per heavy atom. The summed E-state index contributed by atoms with van der Waals surface area (Å²) in [6.45, 7) is 2.44. The van der Waals surface area contributed by atoms with E-state index < -0.39 is 28.3 Å². The first kappa shape index (κ1) is 8.92. The van der Waals surface area contributed by atoms with Crippen molar-refractivity contribution < 1.29 is 17.8 Å². The van der Waals surface area contributed by atoms with Crippen molar-refractivity contribution >= 4 is 16.2 Å². The zero-order valence-corrected chi connectivity index (χ0v) is 7.78. The summed E-state index contributed by atoms with van der Waals surface area (Å²) >= 11 is 0. The van der Waals surface area contributed by atoms with E-state index in [0.717, 1.165) is 0 Å². The van der Waals surface area contributed by atoms with Gasteiger partial charge in [-0.2, -0.15) is 8.42 Å². The fourth-order valence-electron chi connectivity index (χ4n) is 1.95. The lowest BCUT2D eigenvalue weighted by Crippen LogP contribution is -2.68. The molecule has 0 aromatic rings. The summed E-state index contributed by atoms with van der Waals surface area (Å²) in [5.74, 6) is -0.499. The van der Waals surface area contributed by atoms with Crippen LogP contribution in [0.3, 0.4) is 0 Å². The van der Waals surface area contributed by atoms with Crippen LogP contribution in [0.15, 0.2) is 0 Å². The molecule has 3 unspecified atom stereocenters. The Hall–Kier alpha value is -0.660. The van der Waals surface area contributed by atoms with Crippen LogP contribution >= 0.6 is 0 Å². The first-order chi connectivity index (χ1) is 5.93. The molecule has 0 saturated carbocycles. The summed E-state index contributed by atoms with van der Waals surface area (Å²) in [7, 11) is -4.36. The summed E-state index contributed by atoms with van der Waals surface area (Å²) in [5.41, 5.74) is 0. The van der Waals surface area contributed by atoms with Gasteiger partial charge in [0.1, 0.15) is 6.04 Å². The van der Waals surface area contributed by atoms with Crippen molar-refractivity contribution in [3.63, 3.8) is 0 Å². The molecule has 0 aliphatic carbocycles. The lowest BCUT2D eigenvalue weighted by atomic mass is 9.93. The minimum Gasteiger partial charge on any atom is -0.304 e. The number of carbonyl (C=O) groups is 1. The molecule has 0 bridgehead atoms. The van der Waals surface area contributed by atoms with E-state index in [1.54, 1.807) is 0 Å². The molecule has 0 aromatic heterocycles. The van der Waals surface area contributed by atoms with Gasteiger partial charge in [0.25, 0.3) is 5.91 Å².